The van der Waals surface area contributed by atoms with E-state index in [9.17, 15) is 0 Å². The maximum atomic E-state index is 4.34. The van der Waals surface area contributed by atoms with Crippen molar-refractivity contribution in [2.45, 2.75) is 25.7 Å². The van der Waals surface area contributed by atoms with Crippen LogP contribution in [0.25, 0.3) is 27.2 Å². The van der Waals surface area contributed by atoms with Crippen LogP contribution in [0.4, 0.5) is 5.82 Å². The summed E-state index contributed by atoms with van der Waals surface area (Å²) in [5.41, 5.74) is 7.18. The predicted octanol–water partition coefficient (Wildman–Crippen LogP) is 6.56. The number of anilines is 1. The minimum absolute atomic E-state index is 0.883. The Morgan fingerprint density at radius 3 is 2.70 bits per heavy atom. The van der Waals surface area contributed by atoms with Crippen LogP contribution in [0.5, 0.6) is 0 Å². The molecule has 0 aliphatic heterocycles. The maximum Gasteiger partial charge on any atom is 0.126 e. The number of aromatic nitrogens is 2. The van der Waals surface area contributed by atoms with Gasteiger partial charge in [-0.15, -0.1) is 0 Å². The van der Waals surface area contributed by atoms with Gasteiger partial charge in [-0.25, -0.2) is 4.98 Å². The van der Waals surface area contributed by atoms with Gasteiger partial charge in [0.1, 0.15) is 5.82 Å². The van der Waals surface area contributed by atoms with Gasteiger partial charge in [0.2, 0.25) is 0 Å². The topological polar surface area (TPSA) is 37.8 Å². The van der Waals surface area contributed by atoms with Gasteiger partial charge in [0.05, 0.1) is 5.52 Å². The largest absolute Gasteiger partial charge is 0.373 e. The lowest BCUT2D eigenvalue weighted by Crippen LogP contribution is -2.06. The van der Waals surface area contributed by atoms with Crippen molar-refractivity contribution in [2.75, 3.05) is 12.4 Å². The molecular weight excluding hydrogens is 366 g/mol. The third-order valence-electron chi connectivity index (χ3n) is 6.03. The third kappa shape index (κ3) is 3.48. The predicted molar refractivity (Wildman–Crippen MR) is 127 cm³/mol. The molecule has 0 unspecified atom stereocenters. The zero-order valence-corrected chi connectivity index (χ0v) is 17.2. The Labute approximate surface area is 177 Å². The second kappa shape index (κ2) is 8.11. The van der Waals surface area contributed by atoms with Crippen LogP contribution in [0.1, 0.15) is 30.4 Å². The summed E-state index contributed by atoms with van der Waals surface area (Å²) in [4.78, 5) is 8.35. The van der Waals surface area contributed by atoms with Gasteiger partial charge in [-0.3, -0.25) is 4.98 Å². The molecule has 0 saturated carbocycles. The number of allylic oxidation sites excluding steroid dienone is 4. The fourth-order valence-electron chi connectivity index (χ4n) is 4.49. The summed E-state index contributed by atoms with van der Waals surface area (Å²) in [5.74, 6) is 0.883. The van der Waals surface area contributed by atoms with Crippen molar-refractivity contribution in [3.8, 4) is 0 Å². The van der Waals surface area contributed by atoms with E-state index >= 15 is 0 Å². The van der Waals surface area contributed by atoms with E-state index in [1.54, 1.807) is 17.3 Å². The molecule has 0 fully saturated rings. The molecule has 0 spiro atoms. The van der Waals surface area contributed by atoms with Crippen LogP contribution in [0.2, 0.25) is 0 Å². The molecule has 6 rings (SSSR count). The molecule has 0 amide bonds. The highest BCUT2D eigenvalue weighted by Gasteiger charge is 2.20. The van der Waals surface area contributed by atoms with E-state index in [0.29, 0.717) is 0 Å². The molecule has 2 aliphatic carbocycles. The molecule has 0 saturated heterocycles. The van der Waals surface area contributed by atoms with Gasteiger partial charge < -0.3 is 5.32 Å². The highest BCUT2D eigenvalue weighted by molar-refractivity contribution is 5.93. The van der Waals surface area contributed by atoms with E-state index in [2.05, 4.69) is 63.8 Å². The van der Waals surface area contributed by atoms with Gasteiger partial charge in [0.15, 0.2) is 0 Å². The van der Waals surface area contributed by atoms with E-state index < -0.39 is 0 Å². The van der Waals surface area contributed by atoms with Gasteiger partial charge in [-0.1, -0.05) is 54.1 Å². The summed E-state index contributed by atoms with van der Waals surface area (Å²) in [5, 5.41) is 6.87. The van der Waals surface area contributed by atoms with Crippen LogP contribution in [-0.4, -0.2) is 17.0 Å². The number of aryl methyl sites for hydroxylation is 1. The number of nitrogens with zero attached hydrogens (tertiary/aromatic N) is 2. The number of hydrogen-bond acceptors (Lipinski definition) is 3. The Balaban J connectivity index is 0.000000140. The molecule has 148 valence electrons. The average molecular weight is 392 g/mol. The van der Waals surface area contributed by atoms with E-state index in [1.807, 2.05) is 31.4 Å². The quantitative estimate of drug-likeness (QED) is 0.399. The van der Waals surface area contributed by atoms with E-state index in [1.165, 1.54) is 47.6 Å². The lowest BCUT2D eigenvalue weighted by atomic mass is 9.80. The summed E-state index contributed by atoms with van der Waals surface area (Å²) < 4.78 is 0. The van der Waals surface area contributed by atoms with Crippen LogP contribution in [-0.2, 0) is 6.42 Å². The third-order valence-corrected chi connectivity index (χ3v) is 6.03. The van der Waals surface area contributed by atoms with Crippen molar-refractivity contribution >= 4 is 33.1 Å². The highest BCUT2D eigenvalue weighted by atomic mass is 15.0. The van der Waals surface area contributed by atoms with Gasteiger partial charge in [0, 0.05) is 24.8 Å². The number of nitrogens with one attached hydrogen (secondary N) is 1. The number of hydrogen-bond donors (Lipinski definition) is 1. The number of pyridine rings is 2. The second-order valence-corrected chi connectivity index (χ2v) is 7.79. The van der Waals surface area contributed by atoms with Crippen LogP contribution >= 0.6 is 0 Å². The number of benzene rings is 2. The summed E-state index contributed by atoms with van der Waals surface area (Å²) in [6.45, 7) is 0. The minimum Gasteiger partial charge on any atom is -0.373 e. The maximum absolute atomic E-state index is 4.34. The van der Waals surface area contributed by atoms with Crippen molar-refractivity contribution in [3.63, 3.8) is 0 Å². The standard InChI is InChI=1S/C18H16.C9H9N3/c1-3-7-15-13(5-1)9-11-18-16-8-4-2-6-14(16)10-12-17(15)18;1-10-9-3-2-7-6-11-5-4-8(7)12-9/h1,3-5,7-9,11H,2,6,10,12H2;2-6H,1H3,(H,10,12). The Kier molecular flexibility index (Phi) is 5.02. The fraction of sp³-hybridized carbons (Fsp3) is 0.185. The van der Waals surface area contributed by atoms with E-state index in [4.69, 9.17) is 0 Å². The molecule has 0 radical (unpaired) electrons. The second-order valence-electron chi connectivity index (χ2n) is 7.79. The van der Waals surface area contributed by atoms with Crippen molar-refractivity contribution in [3.05, 3.63) is 95.8 Å². The van der Waals surface area contributed by atoms with Crippen LogP contribution in [0.3, 0.4) is 0 Å². The van der Waals surface area contributed by atoms with Gasteiger partial charge in [-0.2, -0.15) is 0 Å². The van der Waals surface area contributed by atoms with Crippen LogP contribution in [0, 0.1) is 0 Å². The van der Waals surface area contributed by atoms with E-state index in [-0.39, 0.29) is 0 Å². The van der Waals surface area contributed by atoms with Crippen molar-refractivity contribution in [1.29, 1.82) is 0 Å². The zero-order chi connectivity index (χ0) is 20.3. The lowest BCUT2D eigenvalue weighted by Gasteiger charge is -2.25. The number of fused-ring (bicyclic) bond motifs is 5. The molecule has 2 aliphatic rings. The summed E-state index contributed by atoms with van der Waals surface area (Å²) in [6.07, 6.45) is 13.2. The summed E-state index contributed by atoms with van der Waals surface area (Å²) in [7, 11) is 1.86. The first-order valence-corrected chi connectivity index (χ1v) is 10.6. The molecule has 0 atom stereocenters. The molecule has 3 heteroatoms. The van der Waals surface area contributed by atoms with Gasteiger partial charge >= 0.3 is 0 Å². The molecule has 3 nitrogen and oxygen atoms in total. The Hall–Kier alpha value is -3.46. The molecule has 2 heterocycles. The molecule has 2 aromatic heterocycles. The molecule has 2 aromatic carbocycles. The van der Waals surface area contributed by atoms with Gasteiger partial charge in [-0.05, 0) is 71.4 Å². The SMILES string of the molecule is C1=CC2=C(CC1)CCc1c2ccc2ccccc12.CNc1ccc2cnccc2n1. The monoisotopic (exact) mass is 391 g/mol. The van der Waals surface area contributed by atoms with Crippen LogP contribution in [0.15, 0.2) is 84.7 Å². The van der Waals surface area contributed by atoms with E-state index in [0.717, 1.165) is 16.7 Å². The molecule has 1 N–H and O–H groups in total. The van der Waals surface area contributed by atoms with Crippen molar-refractivity contribution in [1.82, 2.24) is 9.97 Å². The molecule has 0 bridgehead atoms. The van der Waals surface area contributed by atoms with Gasteiger partial charge in [0.25, 0.3) is 0 Å². The van der Waals surface area contributed by atoms with Crippen molar-refractivity contribution < 1.29 is 0 Å². The highest BCUT2D eigenvalue weighted by Crippen LogP contribution is 2.39. The number of rotatable bonds is 1. The Morgan fingerprint density at radius 1 is 0.867 bits per heavy atom. The Morgan fingerprint density at radius 2 is 1.77 bits per heavy atom. The summed E-state index contributed by atoms with van der Waals surface area (Å²) >= 11 is 0. The fourth-order valence-corrected chi connectivity index (χ4v) is 4.49. The minimum atomic E-state index is 0.883. The molecule has 4 aromatic rings. The first-order valence-electron chi connectivity index (χ1n) is 10.6. The summed E-state index contributed by atoms with van der Waals surface area (Å²) in [6, 6.07) is 19.2. The molecule has 30 heavy (non-hydrogen) atoms. The van der Waals surface area contributed by atoms with Crippen LogP contribution < -0.4 is 5.32 Å². The smallest absolute Gasteiger partial charge is 0.126 e. The Bertz CT molecular complexity index is 1280. The lowest BCUT2D eigenvalue weighted by molar-refractivity contribution is 0.831. The first-order chi connectivity index (χ1) is 14.8. The normalized spacial score (nSPS) is 14.7. The zero-order valence-electron chi connectivity index (χ0n) is 17.2. The van der Waals surface area contributed by atoms with Crippen molar-refractivity contribution in [2.24, 2.45) is 0 Å². The molecular formula is C27H25N3. The first kappa shape index (κ1) is 18.6. The average Bonchev–Trinajstić information content (AvgIpc) is 2.83.